The second-order valence-electron chi connectivity index (χ2n) is 7.27. The molecule has 1 aliphatic rings. The Kier molecular flexibility index (Phi) is 5.88. The molecular weight excluding hydrogens is 337 g/mol. The monoisotopic (exact) mass is 361 g/mol. The molecule has 0 heterocycles. The third-order valence-electron chi connectivity index (χ3n) is 4.28. The molecule has 1 aliphatic carbocycles. The van der Waals surface area contributed by atoms with Gasteiger partial charge in [-0.15, -0.1) is 0 Å². The van der Waals surface area contributed by atoms with Gasteiger partial charge in [-0.1, -0.05) is 23.7 Å². The van der Waals surface area contributed by atoms with E-state index in [-0.39, 0.29) is 0 Å². The number of aliphatic hydroxyl groups is 1. The Morgan fingerprint density at radius 1 is 1.39 bits per heavy atom. The van der Waals surface area contributed by atoms with E-state index in [9.17, 15) is 13.7 Å². The standard InChI is InChI=1S/C17H25ClFNO2S/c1-16(2,3)23(22)20-15(12-5-4-6-13(18)11-12)17(21)9-7-14(19)8-10-17/h4-6,11,14-15,20-21H,7-10H2,1-3H3/t14?,15-,17?,23?/m0/s1. The highest BCUT2D eigenvalue weighted by atomic mass is 35.5. The summed E-state index contributed by atoms with van der Waals surface area (Å²) >= 11 is 6.08. The minimum absolute atomic E-state index is 0.317. The van der Waals surface area contributed by atoms with Gasteiger partial charge in [-0.25, -0.2) is 13.3 Å². The molecule has 1 fully saturated rings. The van der Waals surface area contributed by atoms with Gasteiger partial charge in [0.2, 0.25) is 0 Å². The summed E-state index contributed by atoms with van der Waals surface area (Å²) in [6.45, 7) is 5.61. The maximum Gasteiger partial charge on any atom is 0.100 e. The van der Waals surface area contributed by atoms with Crippen molar-refractivity contribution in [2.45, 2.75) is 69.0 Å². The van der Waals surface area contributed by atoms with Gasteiger partial charge >= 0.3 is 0 Å². The van der Waals surface area contributed by atoms with Crippen LogP contribution in [-0.4, -0.2) is 25.8 Å². The van der Waals surface area contributed by atoms with E-state index >= 15 is 0 Å². The van der Waals surface area contributed by atoms with E-state index in [1.807, 2.05) is 26.8 Å². The van der Waals surface area contributed by atoms with E-state index in [1.165, 1.54) is 0 Å². The van der Waals surface area contributed by atoms with E-state index in [0.717, 1.165) is 5.56 Å². The normalized spacial score (nSPS) is 28.3. The van der Waals surface area contributed by atoms with Gasteiger partial charge in [0.15, 0.2) is 0 Å². The summed E-state index contributed by atoms with van der Waals surface area (Å²) < 4.78 is 28.7. The van der Waals surface area contributed by atoms with Crippen molar-refractivity contribution in [3.05, 3.63) is 34.9 Å². The smallest absolute Gasteiger partial charge is 0.100 e. The average molecular weight is 362 g/mol. The number of hydrogen-bond donors (Lipinski definition) is 2. The summed E-state index contributed by atoms with van der Waals surface area (Å²) in [6, 6.07) is 6.62. The zero-order valence-corrected chi connectivity index (χ0v) is 15.4. The summed E-state index contributed by atoms with van der Waals surface area (Å²) in [5.74, 6) is 0. The molecule has 2 rings (SSSR count). The van der Waals surface area contributed by atoms with Crippen molar-refractivity contribution in [2.75, 3.05) is 0 Å². The summed E-state index contributed by atoms with van der Waals surface area (Å²) in [4.78, 5) is 0. The number of alkyl halides is 1. The minimum Gasteiger partial charge on any atom is -0.388 e. The Hall–Kier alpha value is -0.490. The van der Waals surface area contributed by atoms with Crippen LogP contribution in [0, 0.1) is 0 Å². The van der Waals surface area contributed by atoms with E-state index in [1.54, 1.807) is 18.2 Å². The molecule has 0 bridgehead atoms. The van der Waals surface area contributed by atoms with E-state index in [2.05, 4.69) is 4.72 Å². The first-order valence-corrected chi connectivity index (χ1v) is 9.44. The molecule has 6 heteroatoms. The Labute approximate surface area is 145 Å². The molecule has 3 nitrogen and oxygen atoms in total. The number of benzene rings is 1. The lowest BCUT2D eigenvalue weighted by Crippen LogP contribution is -2.49. The van der Waals surface area contributed by atoms with Gasteiger partial charge in [-0.3, -0.25) is 0 Å². The lowest BCUT2D eigenvalue weighted by Gasteiger charge is -2.41. The minimum atomic E-state index is -1.36. The third-order valence-corrected chi connectivity index (χ3v) is 6.08. The van der Waals surface area contributed by atoms with Crippen molar-refractivity contribution in [2.24, 2.45) is 0 Å². The van der Waals surface area contributed by atoms with Crippen molar-refractivity contribution in [1.29, 1.82) is 0 Å². The Morgan fingerprint density at radius 3 is 2.52 bits per heavy atom. The Morgan fingerprint density at radius 2 is 2.00 bits per heavy atom. The molecule has 2 atom stereocenters. The third kappa shape index (κ3) is 4.75. The predicted molar refractivity (Wildman–Crippen MR) is 93.5 cm³/mol. The van der Waals surface area contributed by atoms with Crippen molar-refractivity contribution in [1.82, 2.24) is 4.72 Å². The van der Waals surface area contributed by atoms with Crippen LogP contribution in [0.4, 0.5) is 4.39 Å². The molecule has 0 aromatic heterocycles. The highest BCUT2D eigenvalue weighted by molar-refractivity contribution is 7.84. The lowest BCUT2D eigenvalue weighted by atomic mass is 9.77. The Balaban J connectivity index is 2.33. The topological polar surface area (TPSA) is 49.3 Å². The maximum absolute atomic E-state index is 13.5. The first kappa shape index (κ1) is 18.8. The number of nitrogens with one attached hydrogen (secondary N) is 1. The zero-order chi connectivity index (χ0) is 17.3. The van der Waals surface area contributed by atoms with Crippen molar-refractivity contribution >= 4 is 22.6 Å². The SMILES string of the molecule is CC(C)(C)S(=O)N[C@@H](c1cccc(Cl)c1)C1(O)CCC(F)CC1. The summed E-state index contributed by atoms with van der Waals surface area (Å²) in [5.41, 5.74) is -0.358. The highest BCUT2D eigenvalue weighted by Crippen LogP contribution is 2.40. The molecule has 23 heavy (non-hydrogen) atoms. The first-order chi connectivity index (χ1) is 10.6. The second kappa shape index (κ2) is 7.18. The molecule has 1 unspecified atom stereocenters. The molecule has 1 aromatic carbocycles. The summed E-state index contributed by atoms with van der Waals surface area (Å²) in [7, 11) is -1.36. The lowest BCUT2D eigenvalue weighted by molar-refractivity contribution is -0.0404. The van der Waals surface area contributed by atoms with E-state index in [4.69, 9.17) is 11.6 Å². The van der Waals surface area contributed by atoms with Gasteiger partial charge in [0.25, 0.3) is 0 Å². The molecule has 130 valence electrons. The molecule has 1 aromatic rings. The van der Waals surface area contributed by atoms with E-state index in [0.29, 0.717) is 30.7 Å². The summed E-state index contributed by atoms with van der Waals surface area (Å²) in [5, 5.41) is 11.7. The maximum atomic E-state index is 13.5. The van der Waals surface area contributed by atoms with Crippen LogP contribution in [-0.2, 0) is 11.0 Å². The second-order valence-corrected chi connectivity index (χ2v) is 9.70. The van der Waals surface area contributed by atoms with Crippen LogP contribution in [0.25, 0.3) is 0 Å². The van der Waals surface area contributed by atoms with Crippen LogP contribution in [0.5, 0.6) is 0 Å². The zero-order valence-electron chi connectivity index (χ0n) is 13.8. The average Bonchev–Trinajstić information content (AvgIpc) is 2.46. The number of halogens is 2. The van der Waals surface area contributed by atoms with Crippen LogP contribution in [0.15, 0.2) is 24.3 Å². The van der Waals surface area contributed by atoms with Crippen molar-refractivity contribution in [3.8, 4) is 0 Å². The molecular formula is C17H25ClFNO2S. The predicted octanol–water partition coefficient (Wildman–Crippen LogP) is 4.08. The molecule has 1 saturated carbocycles. The Bertz CT molecular complexity index is 568. The molecule has 0 aliphatic heterocycles. The molecule has 0 saturated heterocycles. The molecule has 0 spiro atoms. The fourth-order valence-corrected chi connectivity index (χ4v) is 3.95. The number of hydrogen-bond acceptors (Lipinski definition) is 2. The van der Waals surface area contributed by atoms with Crippen LogP contribution in [0.2, 0.25) is 5.02 Å². The highest BCUT2D eigenvalue weighted by Gasteiger charge is 2.42. The van der Waals surface area contributed by atoms with Crippen LogP contribution < -0.4 is 4.72 Å². The first-order valence-electron chi connectivity index (χ1n) is 7.92. The number of rotatable bonds is 4. The fraction of sp³-hybridized carbons (Fsp3) is 0.647. The summed E-state index contributed by atoms with van der Waals surface area (Å²) in [6.07, 6.45) is 0.428. The van der Waals surface area contributed by atoms with Gasteiger partial charge in [0, 0.05) is 5.02 Å². The van der Waals surface area contributed by atoms with E-state index < -0.39 is 33.5 Å². The van der Waals surface area contributed by atoms with Gasteiger partial charge < -0.3 is 5.11 Å². The molecule has 0 amide bonds. The van der Waals surface area contributed by atoms with Crippen LogP contribution in [0.3, 0.4) is 0 Å². The van der Waals surface area contributed by atoms with Gasteiger partial charge in [0.05, 0.1) is 27.4 Å². The largest absolute Gasteiger partial charge is 0.388 e. The van der Waals surface area contributed by atoms with Gasteiger partial charge in [0.1, 0.15) is 6.17 Å². The quantitative estimate of drug-likeness (QED) is 0.849. The van der Waals surface area contributed by atoms with Gasteiger partial charge in [-0.2, -0.15) is 0 Å². The van der Waals surface area contributed by atoms with Gasteiger partial charge in [-0.05, 0) is 64.2 Å². The van der Waals surface area contributed by atoms with Crippen molar-refractivity contribution in [3.63, 3.8) is 0 Å². The fourth-order valence-electron chi connectivity index (χ4n) is 2.83. The van der Waals surface area contributed by atoms with Crippen LogP contribution in [0.1, 0.15) is 58.1 Å². The molecule has 0 radical (unpaired) electrons. The molecule has 2 N–H and O–H groups in total. The van der Waals surface area contributed by atoms with Crippen LogP contribution >= 0.6 is 11.6 Å². The van der Waals surface area contributed by atoms with Crippen molar-refractivity contribution < 1.29 is 13.7 Å².